The van der Waals surface area contributed by atoms with Crippen LogP contribution in [0.3, 0.4) is 0 Å². The summed E-state index contributed by atoms with van der Waals surface area (Å²) in [6.45, 7) is 8.52. The predicted molar refractivity (Wildman–Crippen MR) is 118 cm³/mol. The van der Waals surface area contributed by atoms with Crippen LogP contribution in [-0.4, -0.2) is 10.7 Å². The van der Waals surface area contributed by atoms with E-state index in [1.807, 2.05) is 24.4 Å². The van der Waals surface area contributed by atoms with Crippen LogP contribution in [0, 0.1) is 31.1 Å². The summed E-state index contributed by atoms with van der Waals surface area (Å²) >= 11 is 1.43. The van der Waals surface area contributed by atoms with Gasteiger partial charge in [0.2, 0.25) is 0 Å². The number of hydrogen-bond donors (Lipinski definition) is 1. The molecule has 0 radical (unpaired) electrons. The summed E-state index contributed by atoms with van der Waals surface area (Å²) in [6, 6.07) is 16.6. The van der Waals surface area contributed by atoms with E-state index < -0.39 is 0 Å². The second kappa shape index (κ2) is 8.81. The van der Waals surface area contributed by atoms with Crippen molar-refractivity contribution in [1.29, 1.82) is 5.26 Å². The Labute approximate surface area is 170 Å². The topological polar surface area (TPSA) is 61.1 Å². The molecule has 0 aliphatic carbocycles. The van der Waals surface area contributed by atoms with Gasteiger partial charge in [-0.05, 0) is 48.9 Å². The maximum atomic E-state index is 9.53. The highest BCUT2D eigenvalue weighted by Gasteiger charge is 2.11. The molecule has 1 N–H and O–H groups in total. The number of anilines is 1. The van der Waals surface area contributed by atoms with Crippen molar-refractivity contribution >= 4 is 22.7 Å². The van der Waals surface area contributed by atoms with Gasteiger partial charge in [0, 0.05) is 10.9 Å². The maximum Gasteiger partial charge on any atom is 0.196 e. The first-order valence-electron chi connectivity index (χ1n) is 9.33. The first-order valence-corrected chi connectivity index (χ1v) is 10.2. The van der Waals surface area contributed by atoms with E-state index in [-0.39, 0.29) is 5.71 Å². The monoisotopic (exact) mass is 388 g/mol. The summed E-state index contributed by atoms with van der Waals surface area (Å²) < 4.78 is 0. The molecule has 3 aromatic rings. The number of benzene rings is 2. The van der Waals surface area contributed by atoms with Crippen LogP contribution in [0.2, 0.25) is 0 Å². The molecule has 0 aliphatic heterocycles. The molecule has 0 unspecified atom stereocenters. The third-order valence-corrected chi connectivity index (χ3v) is 5.45. The number of rotatable bonds is 6. The molecule has 1 heterocycles. The van der Waals surface area contributed by atoms with Crippen LogP contribution in [0.4, 0.5) is 5.69 Å². The van der Waals surface area contributed by atoms with E-state index in [1.54, 1.807) is 0 Å². The number of nitriles is 1. The van der Waals surface area contributed by atoms with Gasteiger partial charge in [-0.15, -0.1) is 11.3 Å². The normalized spacial score (nSPS) is 11.5. The lowest BCUT2D eigenvalue weighted by atomic mass is 10.0. The SMILES string of the molecule is Cc1cccc(N/N=C(\C#N)c2nc(-c3ccc(CC(C)C)cc3)cs2)c1C. The average molecular weight is 389 g/mol. The Balaban J connectivity index is 1.79. The molecule has 0 aliphatic rings. The standard InChI is InChI=1S/C23H24N4S/c1-15(2)12-18-8-10-19(11-9-18)22-14-28-23(25-22)21(13-24)27-26-20-7-5-6-16(3)17(20)4/h5-11,14-15,26H,12H2,1-4H3/b27-21+. The molecule has 0 amide bonds. The molecule has 3 rings (SSSR count). The van der Waals surface area contributed by atoms with Crippen molar-refractivity contribution in [3.63, 3.8) is 0 Å². The quantitative estimate of drug-likeness (QED) is 0.418. The minimum Gasteiger partial charge on any atom is -0.277 e. The van der Waals surface area contributed by atoms with Gasteiger partial charge in [0.15, 0.2) is 10.7 Å². The van der Waals surface area contributed by atoms with E-state index >= 15 is 0 Å². The molecule has 4 nitrogen and oxygen atoms in total. The Hall–Kier alpha value is -2.97. The molecular weight excluding hydrogens is 364 g/mol. The molecule has 28 heavy (non-hydrogen) atoms. The van der Waals surface area contributed by atoms with Crippen LogP contribution < -0.4 is 5.43 Å². The van der Waals surface area contributed by atoms with Crippen molar-refractivity contribution in [1.82, 2.24) is 4.98 Å². The molecule has 2 aromatic carbocycles. The van der Waals surface area contributed by atoms with E-state index in [4.69, 9.17) is 0 Å². The van der Waals surface area contributed by atoms with Crippen LogP contribution in [-0.2, 0) is 6.42 Å². The molecular formula is C23H24N4S. The fourth-order valence-electron chi connectivity index (χ4n) is 2.91. The lowest BCUT2D eigenvalue weighted by molar-refractivity contribution is 0.647. The second-order valence-electron chi connectivity index (χ2n) is 7.26. The number of thiazole rings is 1. The van der Waals surface area contributed by atoms with Crippen LogP contribution in [0.25, 0.3) is 11.3 Å². The van der Waals surface area contributed by atoms with Gasteiger partial charge >= 0.3 is 0 Å². The van der Waals surface area contributed by atoms with E-state index in [0.717, 1.165) is 28.9 Å². The predicted octanol–water partition coefficient (Wildman–Crippen LogP) is 5.97. The average Bonchev–Trinajstić information content (AvgIpc) is 3.15. The van der Waals surface area contributed by atoms with E-state index in [1.165, 1.54) is 22.5 Å². The minimum atomic E-state index is 0.286. The van der Waals surface area contributed by atoms with Gasteiger partial charge in [0.05, 0.1) is 11.4 Å². The van der Waals surface area contributed by atoms with Crippen molar-refractivity contribution in [2.24, 2.45) is 11.0 Å². The Kier molecular flexibility index (Phi) is 6.23. The van der Waals surface area contributed by atoms with Gasteiger partial charge in [0.25, 0.3) is 0 Å². The highest BCUT2D eigenvalue weighted by atomic mass is 32.1. The largest absolute Gasteiger partial charge is 0.277 e. The Morgan fingerprint density at radius 2 is 1.93 bits per heavy atom. The molecule has 0 saturated heterocycles. The second-order valence-corrected chi connectivity index (χ2v) is 8.12. The molecule has 0 spiro atoms. The number of nitrogens with zero attached hydrogens (tertiary/aromatic N) is 3. The maximum absolute atomic E-state index is 9.53. The first kappa shape index (κ1) is 19.8. The summed E-state index contributed by atoms with van der Waals surface area (Å²) in [6.07, 6.45) is 1.07. The van der Waals surface area contributed by atoms with Gasteiger partial charge in [-0.1, -0.05) is 50.2 Å². The smallest absolute Gasteiger partial charge is 0.196 e. The molecule has 0 fully saturated rings. The third-order valence-electron chi connectivity index (χ3n) is 4.60. The summed E-state index contributed by atoms with van der Waals surface area (Å²) in [5, 5.41) is 16.4. The zero-order chi connectivity index (χ0) is 20.1. The lowest BCUT2D eigenvalue weighted by Gasteiger charge is -2.07. The molecule has 5 heteroatoms. The highest BCUT2D eigenvalue weighted by Crippen LogP contribution is 2.24. The van der Waals surface area contributed by atoms with Gasteiger partial charge in [-0.2, -0.15) is 10.4 Å². The van der Waals surface area contributed by atoms with Crippen molar-refractivity contribution in [3.05, 3.63) is 69.5 Å². The highest BCUT2D eigenvalue weighted by molar-refractivity contribution is 7.12. The number of nitrogens with one attached hydrogen (secondary N) is 1. The zero-order valence-electron chi connectivity index (χ0n) is 16.7. The van der Waals surface area contributed by atoms with Crippen LogP contribution in [0.5, 0.6) is 0 Å². The van der Waals surface area contributed by atoms with Crippen molar-refractivity contribution < 1.29 is 0 Å². The molecule has 0 bridgehead atoms. The van der Waals surface area contributed by atoms with E-state index in [9.17, 15) is 5.26 Å². The summed E-state index contributed by atoms with van der Waals surface area (Å²) in [7, 11) is 0. The van der Waals surface area contributed by atoms with Gasteiger partial charge in [0.1, 0.15) is 6.07 Å². The number of hydrazone groups is 1. The molecule has 0 saturated carbocycles. The van der Waals surface area contributed by atoms with Crippen molar-refractivity contribution in [2.45, 2.75) is 34.1 Å². The van der Waals surface area contributed by atoms with Crippen LogP contribution in [0.1, 0.15) is 35.5 Å². The zero-order valence-corrected chi connectivity index (χ0v) is 17.5. The summed E-state index contributed by atoms with van der Waals surface area (Å²) in [4.78, 5) is 4.62. The first-order chi connectivity index (χ1) is 13.5. The molecule has 142 valence electrons. The summed E-state index contributed by atoms with van der Waals surface area (Å²) in [5.74, 6) is 0.635. The van der Waals surface area contributed by atoms with Gasteiger partial charge in [-0.3, -0.25) is 5.43 Å². The van der Waals surface area contributed by atoms with Crippen molar-refractivity contribution in [2.75, 3.05) is 5.43 Å². The number of hydrogen-bond acceptors (Lipinski definition) is 5. The molecule has 0 atom stereocenters. The number of aromatic nitrogens is 1. The van der Waals surface area contributed by atoms with Gasteiger partial charge < -0.3 is 0 Å². The Bertz CT molecular complexity index is 1020. The van der Waals surface area contributed by atoms with E-state index in [2.05, 4.69) is 72.7 Å². The number of aryl methyl sites for hydroxylation is 1. The molecule has 1 aromatic heterocycles. The van der Waals surface area contributed by atoms with E-state index in [0.29, 0.717) is 10.9 Å². The Morgan fingerprint density at radius 3 is 2.61 bits per heavy atom. The Morgan fingerprint density at radius 1 is 1.18 bits per heavy atom. The summed E-state index contributed by atoms with van der Waals surface area (Å²) in [5.41, 5.74) is 9.72. The fraction of sp³-hybridized carbons (Fsp3) is 0.261. The minimum absolute atomic E-state index is 0.286. The third kappa shape index (κ3) is 4.65. The van der Waals surface area contributed by atoms with Crippen LogP contribution >= 0.6 is 11.3 Å². The van der Waals surface area contributed by atoms with Crippen molar-refractivity contribution in [3.8, 4) is 17.3 Å². The lowest BCUT2D eigenvalue weighted by Crippen LogP contribution is -2.02. The fourth-order valence-corrected chi connectivity index (χ4v) is 3.67. The van der Waals surface area contributed by atoms with Crippen LogP contribution in [0.15, 0.2) is 52.9 Å². The van der Waals surface area contributed by atoms with Gasteiger partial charge in [-0.25, -0.2) is 4.98 Å².